The fourth-order valence-electron chi connectivity index (χ4n) is 3.22. The summed E-state index contributed by atoms with van der Waals surface area (Å²) in [6.07, 6.45) is 1.93. The lowest BCUT2D eigenvalue weighted by Gasteiger charge is -2.18. The van der Waals surface area contributed by atoms with Gasteiger partial charge in [-0.15, -0.1) is 0 Å². The van der Waals surface area contributed by atoms with E-state index < -0.39 is 0 Å². The number of aromatic nitrogens is 2. The molecule has 4 rings (SSSR count). The van der Waals surface area contributed by atoms with Crippen LogP contribution >= 0.6 is 0 Å². The summed E-state index contributed by atoms with van der Waals surface area (Å²) in [5, 5.41) is 9.53. The SMILES string of the molecule is Cc1ccc(-c2nc3ccc(C)cn3c2C(=O)N(C)c2ccc(O)cc2)cc1. The predicted molar refractivity (Wildman–Crippen MR) is 111 cm³/mol. The van der Waals surface area contributed by atoms with Crippen LogP contribution in [0.4, 0.5) is 5.69 Å². The molecule has 140 valence electrons. The topological polar surface area (TPSA) is 57.8 Å². The molecule has 2 aromatic heterocycles. The van der Waals surface area contributed by atoms with Gasteiger partial charge in [-0.1, -0.05) is 35.9 Å². The first-order valence-electron chi connectivity index (χ1n) is 9.07. The van der Waals surface area contributed by atoms with Crippen LogP contribution in [0.1, 0.15) is 21.6 Å². The summed E-state index contributed by atoms with van der Waals surface area (Å²) in [6.45, 7) is 4.02. The molecule has 0 saturated carbocycles. The van der Waals surface area contributed by atoms with Crippen LogP contribution in [0.3, 0.4) is 0 Å². The Kier molecular flexibility index (Phi) is 4.35. The normalized spacial score (nSPS) is 11.0. The molecule has 2 aromatic carbocycles. The number of hydrogen-bond donors (Lipinski definition) is 1. The number of nitrogens with zero attached hydrogens (tertiary/aromatic N) is 3. The molecular weight excluding hydrogens is 350 g/mol. The molecule has 0 fully saturated rings. The van der Waals surface area contributed by atoms with Crippen molar-refractivity contribution in [1.29, 1.82) is 0 Å². The van der Waals surface area contributed by atoms with E-state index in [0.29, 0.717) is 17.1 Å². The highest BCUT2D eigenvalue weighted by atomic mass is 16.3. The Morgan fingerprint density at radius 1 is 0.929 bits per heavy atom. The highest BCUT2D eigenvalue weighted by molar-refractivity contribution is 6.09. The lowest BCUT2D eigenvalue weighted by Crippen LogP contribution is -2.28. The first kappa shape index (κ1) is 17.8. The van der Waals surface area contributed by atoms with Crippen LogP contribution in [-0.4, -0.2) is 27.4 Å². The largest absolute Gasteiger partial charge is 0.508 e. The molecule has 0 saturated heterocycles. The van der Waals surface area contributed by atoms with E-state index in [-0.39, 0.29) is 11.7 Å². The van der Waals surface area contributed by atoms with Gasteiger partial charge in [0.25, 0.3) is 5.91 Å². The predicted octanol–water partition coefficient (Wildman–Crippen LogP) is 4.60. The number of aromatic hydroxyl groups is 1. The minimum Gasteiger partial charge on any atom is -0.508 e. The van der Waals surface area contributed by atoms with Crippen molar-refractivity contribution in [2.75, 3.05) is 11.9 Å². The third kappa shape index (κ3) is 3.11. The van der Waals surface area contributed by atoms with E-state index in [9.17, 15) is 9.90 Å². The van der Waals surface area contributed by atoms with Gasteiger partial charge in [0.2, 0.25) is 0 Å². The van der Waals surface area contributed by atoms with Gasteiger partial charge in [0, 0.05) is 24.5 Å². The molecule has 1 N–H and O–H groups in total. The minimum absolute atomic E-state index is 0.162. The van der Waals surface area contributed by atoms with Gasteiger partial charge < -0.3 is 10.0 Å². The lowest BCUT2D eigenvalue weighted by atomic mass is 10.1. The van der Waals surface area contributed by atoms with Crippen LogP contribution in [0.5, 0.6) is 5.75 Å². The standard InChI is InChI=1S/C23H21N3O2/c1-15-4-7-17(8-5-15)21-22(26-14-16(2)6-13-20(26)24-21)23(28)25(3)18-9-11-19(27)12-10-18/h4-14,27H,1-3H3. The minimum atomic E-state index is -0.167. The Balaban J connectivity index is 1.89. The van der Waals surface area contributed by atoms with Crippen molar-refractivity contribution in [2.45, 2.75) is 13.8 Å². The fraction of sp³-hybridized carbons (Fsp3) is 0.130. The molecule has 0 bridgehead atoms. The zero-order chi connectivity index (χ0) is 19.8. The van der Waals surface area contributed by atoms with E-state index in [4.69, 9.17) is 4.98 Å². The van der Waals surface area contributed by atoms with Crippen molar-refractivity contribution in [3.8, 4) is 17.0 Å². The third-order valence-electron chi connectivity index (χ3n) is 4.84. The number of carbonyl (C=O) groups is 1. The maximum atomic E-state index is 13.5. The first-order chi connectivity index (χ1) is 13.4. The number of fused-ring (bicyclic) bond motifs is 1. The number of phenolic OH excluding ortho intramolecular Hbond substituents is 1. The Morgan fingerprint density at radius 3 is 2.25 bits per heavy atom. The zero-order valence-corrected chi connectivity index (χ0v) is 16.0. The number of anilines is 1. The highest BCUT2D eigenvalue weighted by Gasteiger charge is 2.24. The van der Waals surface area contributed by atoms with Crippen molar-refractivity contribution >= 4 is 17.2 Å². The third-order valence-corrected chi connectivity index (χ3v) is 4.84. The quantitative estimate of drug-likeness (QED) is 0.573. The number of phenols is 1. The summed E-state index contributed by atoms with van der Waals surface area (Å²) >= 11 is 0. The molecular formula is C23H21N3O2. The number of aryl methyl sites for hydroxylation is 2. The summed E-state index contributed by atoms with van der Waals surface area (Å²) in [6, 6.07) is 18.5. The number of imidazole rings is 1. The Morgan fingerprint density at radius 2 is 1.57 bits per heavy atom. The second-order valence-corrected chi connectivity index (χ2v) is 6.99. The average molecular weight is 371 g/mol. The van der Waals surface area contributed by atoms with E-state index >= 15 is 0 Å². The van der Waals surface area contributed by atoms with E-state index in [2.05, 4.69) is 0 Å². The molecule has 2 heterocycles. The van der Waals surface area contributed by atoms with Crippen LogP contribution in [0.2, 0.25) is 0 Å². The van der Waals surface area contributed by atoms with Gasteiger partial charge in [0.1, 0.15) is 22.8 Å². The number of rotatable bonds is 3. The van der Waals surface area contributed by atoms with Crippen LogP contribution in [0, 0.1) is 13.8 Å². The van der Waals surface area contributed by atoms with E-state index in [1.807, 2.05) is 60.8 Å². The summed E-state index contributed by atoms with van der Waals surface area (Å²) in [4.78, 5) is 19.8. The smallest absolute Gasteiger partial charge is 0.277 e. The zero-order valence-electron chi connectivity index (χ0n) is 16.0. The molecule has 4 aromatic rings. The van der Waals surface area contributed by atoms with Crippen molar-refractivity contribution in [3.63, 3.8) is 0 Å². The molecule has 5 nitrogen and oxygen atoms in total. The van der Waals surface area contributed by atoms with Crippen LogP contribution in [-0.2, 0) is 0 Å². The molecule has 28 heavy (non-hydrogen) atoms. The first-order valence-corrected chi connectivity index (χ1v) is 9.07. The van der Waals surface area contributed by atoms with Crippen molar-refractivity contribution in [3.05, 3.63) is 83.7 Å². The van der Waals surface area contributed by atoms with Crippen LogP contribution < -0.4 is 4.90 Å². The molecule has 1 amide bonds. The average Bonchev–Trinajstić information content (AvgIpc) is 3.06. The maximum absolute atomic E-state index is 13.5. The van der Waals surface area contributed by atoms with Gasteiger partial charge in [-0.2, -0.15) is 0 Å². The van der Waals surface area contributed by atoms with Gasteiger partial charge in [-0.3, -0.25) is 9.20 Å². The molecule has 0 aliphatic heterocycles. The molecule has 0 atom stereocenters. The Bertz CT molecular complexity index is 1160. The Labute approximate surface area is 163 Å². The molecule has 0 aliphatic carbocycles. The van der Waals surface area contributed by atoms with Crippen molar-refractivity contribution < 1.29 is 9.90 Å². The molecule has 0 spiro atoms. The monoisotopic (exact) mass is 371 g/mol. The van der Waals surface area contributed by atoms with Gasteiger partial charge in [0.05, 0.1) is 0 Å². The number of hydrogen-bond acceptors (Lipinski definition) is 3. The second-order valence-electron chi connectivity index (χ2n) is 6.99. The molecule has 0 radical (unpaired) electrons. The van der Waals surface area contributed by atoms with Crippen molar-refractivity contribution in [1.82, 2.24) is 9.38 Å². The second kappa shape index (κ2) is 6.85. The van der Waals surface area contributed by atoms with E-state index in [1.54, 1.807) is 36.2 Å². The van der Waals surface area contributed by atoms with E-state index in [0.717, 1.165) is 22.3 Å². The molecule has 0 unspecified atom stereocenters. The van der Waals surface area contributed by atoms with Crippen molar-refractivity contribution in [2.24, 2.45) is 0 Å². The van der Waals surface area contributed by atoms with Gasteiger partial charge in [0.15, 0.2) is 0 Å². The fourth-order valence-corrected chi connectivity index (χ4v) is 3.22. The molecule has 5 heteroatoms. The number of pyridine rings is 1. The number of benzene rings is 2. The maximum Gasteiger partial charge on any atom is 0.277 e. The van der Waals surface area contributed by atoms with E-state index in [1.165, 1.54) is 0 Å². The summed E-state index contributed by atoms with van der Waals surface area (Å²) in [5.74, 6) is -0.00487. The van der Waals surface area contributed by atoms with Gasteiger partial charge >= 0.3 is 0 Å². The highest BCUT2D eigenvalue weighted by Crippen LogP contribution is 2.28. The number of amides is 1. The summed E-state index contributed by atoms with van der Waals surface area (Å²) in [7, 11) is 1.73. The Hall–Kier alpha value is -3.60. The van der Waals surface area contributed by atoms with Gasteiger partial charge in [-0.25, -0.2) is 4.98 Å². The van der Waals surface area contributed by atoms with Crippen LogP contribution in [0.25, 0.3) is 16.9 Å². The summed E-state index contributed by atoms with van der Waals surface area (Å²) in [5.41, 5.74) is 5.68. The molecule has 0 aliphatic rings. The van der Waals surface area contributed by atoms with Crippen LogP contribution in [0.15, 0.2) is 66.9 Å². The summed E-state index contributed by atoms with van der Waals surface area (Å²) < 4.78 is 1.85. The number of carbonyl (C=O) groups excluding carboxylic acids is 1. The van der Waals surface area contributed by atoms with Gasteiger partial charge in [-0.05, 0) is 49.7 Å². The lowest BCUT2D eigenvalue weighted by molar-refractivity contribution is 0.0988.